The zero-order valence-corrected chi connectivity index (χ0v) is 16.1. The molecule has 2 aromatic carbocycles. The van der Waals surface area contributed by atoms with Gasteiger partial charge in [0.15, 0.2) is 0 Å². The van der Waals surface area contributed by atoms with Crippen LogP contribution >= 0.6 is 11.8 Å². The Bertz CT molecular complexity index is 1080. The van der Waals surface area contributed by atoms with Crippen LogP contribution in [0.1, 0.15) is 22.3 Å². The van der Waals surface area contributed by atoms with Crippen LogP contribution in [0.25, 0.3) is 11.3 Å². The summed E-state index contributed by atoms with van der Waals surface area (Å²) in [4.78, 5) is 27.7. The number of carbonyl (C=O) groups excluding carboxylic acids is 1. The van der Waals surface area contributed by atoms with Gasteiger partial charge >= 0.3 is 5.97 Å². The molecule has 0 saturated heterocycles. The van der Waals surface area contributed by atoms with Crippen LogP contribution < -0.4 is 5.32 Å². The fourth-order valence-electron chi connectivity index (χ4n) is 2.60. The number of nitrogens with one attached hydrogen (secondary N) is 1. The van der Waals surface area contributed by atoms with Crippen molar-refractivity contribution in [2.45, 2.75) is 11.4 Å². The summed E-state index contributed by atoms with van der Waals surface area (Å²) >= 11 is 1.34. The second kappa shape index (κ2) is 9.53. The van der Waals surface area contributed by atoms with Crippen LogP contribution in [-0.4, -0.2) is 27.7 Å². The van der Waals surface area contributed by atoms with Gasteiger partial charge in [0.2, 0.25) is 5.91 Å². The SMILES string of the molecule is N#Cc1ccc(-c2ccccc2)nc1SCCC(=O)Nc1cccc(C(=O)O)c1. The van der Waals surface area contributed by atoms with Gasteiger partial charge in [0.05, 0.1) is 16.8 Å². The van der Waals surface area contributed by atoms with E-state index < -0.39 is 5.97 Å². The van der Waals surface area contributed by atoms with Gasteiger partial charge in [0.1, 0.15) is 11.1 Å². The van der Waals surface area contributed by atoms with Crippen LogP contribution in [0.15, 0.2) is 71.8 Å². The molecule has 0 bridgehead atoms. The van der Waals surface area contributed by atoms with Crippen LogP contribution in [0.5, 0.6) is 0 Å². The van der Waals surface area contributed by atoms with E-state index in [0.717, 1.165) is 11.3 Å². The Morgan fingerprint density at radius 1 is 1.07 bits per heavy atom. The Morgan fingerprint density at radius 3 is 2.59 bits per heavy atom. The molecule has 0 aliphatic rings. The summed E-state index contributed by atoms with van der Waals surface area (Å²) in [7, 11) is 0. The van der Waals surface area contributed by atoms with E-state index in [4.69, 9.17) is 5.11 Å². The minimum absolute atomic E-state index is 0.109. The highest BCUT2D eigenvalue weighted by atomic mass is 32.2. The molecule has 0 atom stereocenters. The largest absolute Gasteiger partial charge is 0.478 e. The molecule has 1 heterocycles. The minimum Gasteiger partial charge on any atom is -0.478 e. The molecule has 29 heavy (non-hydrogen) atoms. The fraction of sp³-hybridized carbons (Fsp3) is 0.0909. The number of carbonyl (C=O) groups is 2. The first-order valence-electron chi connectivity index (χ1n) is 8.79. The molecule has 0 spiro atoms. The lowest BCUT2D eigenvalue weighted by Gasteiger charge is -2.08. The number of benzene rings is 2. The summed E-state index contributed by atoms with van der Waals surface area (Å²) in [6.07, 6.45) is 0.198. The lowest BCUT2D eigenvalue weighted by Crippen LogP contribution is -2.12. The van der Waals surface area contributed by atoms with Crippen molar-refractivity contribution < 1.29 is 14.7 Å². The number of pyridine rings is 1. The molecule has 6 nitrogen and oxygen atoms in total. The maximum Gasteiger partial charge on any atom is 0.335 e. The maximum atomic E-state index is 12.2. The Morgan fingerprint density at radius 2 is 1.86 bits per heavy atom. The van der Waals surface area contributed by atoms with Crippen molar-refractivity contribution in [1.29, 1.82) is 5.26 Å². The van der Waals surface area contributed by atoms with Crippen molar-refractivity contribution in [3.05, 3.63) is 77.9 Å². The monoisotopic (exact) mass is 403 g/mol. The zero-order chi connectivity index (χ0) is 20.6. The van der Waals surface area contributed by atoms with Gasteiger partial charge in [-0.15, -0.1) is 11.8 Å². The normalized spacial score (nSPS) is 10.2. The number of rotatable bonds is 7. The van der Waals surface area contributed by atoms with E-state index in [1.54, 1.807) is 24.3 Å². The van der Waals surface area contributed by atoms with Crippen molar-refractivity contribution in [3.8, 4) is 17.3 Å². The lowest BCUT2D eigenvalue weighted by atomic mass is 10.1. The first kappa shape index (κ1) is 20.1. The van der Waals surface area contributed by atoms with Crippen LogP contribution in [0, 0.1) is 11.3 Å². The van der Waals surface area contributed by atoms with Crippen molar-refractivity contribution in [2.75, 3.05) is 11.1 Å². The molecular weight excluding hydrogens is 386 g/mol. The molecule has 0 aliphatic carbocycles. The van der Waals surface area contributed by atoms with Gasteiger partial charge in [-0.05, 0) is 30.3 Å². The molecule has 3 aromatic rings. The second-order valence-corrected chi connectivity index (χ2v) is 7.14. The number of aromatic carboxylic acids is 1. The van der Waals surface area contributed by atoms with Gasteiger partial charge in [-0.2, -0.15) is 5.26 Å². The van der Waals surface area contributed by atoms with Gasteiger partial charge < -0.3 is 10.4 Å². The Hall–Kier alpha value is -3.63. The molecule has 0 aliphatic heterocycles. The number of aromatic nitrogens is 1. The smallest absolute Gasteiger partial charge is 0.335 e. The van der Waals surface area contributed by atoms with Crippen LogP contribution in [-0.2, 0) is 4.79 Å². The van der Waals surface area contributed by atoms with E-state index in [1.807, 2.05) is 30.3 Å². The van der Waals surface area contributed by atoms with E-state index in [2.05, 4.69) is 16.4 Å². The molecule has 0 saturated carbocycles. The number of nitriles is 1. The first-order chi connectivity index (χ1) is 14.1. The summed E-state index contributed by atoms with van der Waals surface area (Å²) in [5.41, 5.74) is 2.72. The highest BCUT2D eigenvalue weighted by Gasteiger charge is 2.10. The summed E-state index contributed by atoms with van der Waals surface area (Å²) in [5.74, 6) is -0.854. The van der Waals surface area contributed by atoms with Crippen molar-refractivity contribution in [1.82, 2.24) is 4.98 Å². The standard InChI is InChI=1S/C22H17N3O3S/c23-14-17-9-10-19(15-5-2-1-3-6-15)25-21(17)29-12-11-20(26)24-18-8-4-7-16(13-18)22(27)28/h1-10,13H,11-12H2,(H,24,26)(H,27,28). The summed E-state index contributed by atoms with van der Waals surface area (Å²) in [6.45, 7) is 0. The quantitative estimate of drug-likeness (QED) is 0.565. The molecule has 0 unspecified atom stereocenters. The third-order valence-corrected chi connectivity index (χ3v) is 5.00. The molecule has 1 aromatic heterocycles. The third kappa shape index (κ3) is 5.43. The van der Waals surface area contributed by atoms with Crippen molar-refractivity contribution in [2.24, 2.45) is 0 Å². The molecule has 2 N–H and O–H groups in total. The summed E-state index contributed by atoms with van der Waals surface area (Å²) in [6, 6.07) is 21.4. The molecule has 1 amide bonds. The van der Waals surface area contributed by atoms with Crippen LogP contribution in [0.2, 0.25) is 0 Å². The molecule has 7 heteroatoms. The average Bonchev–Trinajstić information content (AvgIpc) is 2.74. The Kier molecular flexibility index (Phi) is 6.61. The average molecular weight is 403 g/mol. The van der Waals surface area contributed by atoms with E-state index >= 15 is 0 Å². The molecule has 3 rings (SSSR count). The minimum atomic E-state index is -1.05. The maximum absolute atomic E-state index is 12.2. The molecule has 144 valence electrons. The van der Waals surface area contributed by atoms with Gasteiger partial charge in [-0.1, -0.05) is 36.4 Å². The van der Waals surface area contributed by atoms with Gasteiger partial charge in [0.25, 0.3) is 0 Å². The molecule has 0 radical (unpaired) electrons. The van der Waals surface area contributed by atoms with Crippen LogP contribution in [0.4, 0.5) is 5.69 Å². The number of hydrogen-bond donors (Lipinski definition) is 2. The van der Waals surface area contributed by atoms with Gasteiger partial charge in [0, 0.05) is 23.4 Å². The topological polar surface area (TPSA) is 103 Å². The Labute approximate surface area is 172 Å². The fourth-order valence-corrected chi connectivity index (χ4v) is 3.51. The number of hydrogen-bond acceptors (Lipinski definition) is 5. The number of amides is 1. The van der Waals surface area contributed by atoms with Crippen LogP contribution in [0.3, 0.4) is 0 Å². The molecule has 0 fully saturated rings. The van der Waals surface area contributed by atoms with Crippen molar-refractivity contribution >= 4 is 29.3 Å². The third-order valence-electron chi connectivity index (χ3n) is 4.01. The number of carboxylic acids is 1. The summed E-state index contributed by atoms with van der Waals surface area (Å²) < 4.78 is 0. The lowest BCUT2D eigenvalue weighted by molar-refractivity contribution is -0.115. The second-order valence-electron chi connectivity index (χ2n) is 6.06. The van der Waals surface area contributed by atoms with Gasteiger partial charge in [-0.25, -0.2) is 9.78 Å². The predicted molar refractivity (Wildman–Crippen MR) is 112 cm³/mol. The number of nitrogens with zero attached hydrogens (tertiary/aromatic N) is 2. The predicted octanol–water partition coefficient (Wildman–Crippen LogP) is 4.44. The number of carboxylic acid groups (broad SMARTS) is 1. The van der Waals surface area contributed by atoms with E-state index in [0.29, 0.717) is 22.0 Å². The highest BCUT2D eigenvalue weighted by molar-refractivity contribution is 7.99. The first-order valence-corrected chi connectivity index (χ1v) is 9.78. The summed E-state index contributed by atoms with van der Waals surface area (Å²) in [5, 5.41) is 21.6. The molecular formula is C22H17N3O3S. The van der Waals surface area contributed by atoms with E-state index in [-0.39, 0.29) is 17.9 Å². The highest BCUT2D eigenvalue weighted by Crippen LogP contribution is 2.25. The van der Waals surface area contributed by atoms with E-state index in [1.165, 1.54) is 23.9 Å². The zero-order valence-electron chi connectivity index (χ0n) is 15.3. The number of anilines is 1. The Balaban J connectivity index is 1.62. The van der Waals surface area contributed by atoms with Crippen molar-refractivity contribution in [3.63, 3.8) is 0 Å². The number of thioether (sulfide) groups is 1. The van der Waals surface area contributed by atoms with E-state index in [9.17, 15) is 14.9 Å². The van der Waals surface area contributed by atoms with Gasteiger partial charge in [-0.3, -0.25) is 4.79 Å².